The van der Waals surface area contributed by atoms with Crippen LogP contribution in [-0.4, -0.2) is 77.8 Å². The number of benzene rings is 1. The number of likely N-dealkylation sites (N-methyl/N-ethyl adjacent to an activating group) is 1. The molecule has 2 aromatic rings. The Bertz CT molecular complexity index is 863. The number of morpholine rings is 1. The average molecular weight is 388 g/mol. The van der Waals surface area contributed by atoms with E-state index in [1.165, 1.54) is 10.9 Å². The number of carbonyl (C=O) groups excluding carboxylic acids is 1. The zero-order valence-electron chi connectivity index (χ0n) is 16.6. The second-order valence-corrected chi connectivity index (χ2v) is 7.44. The predicted molar refractivity (Wildman–Crippen MR) is 106 cm³/mol. The Kier molecular flexibility index (Phi) is 6.21. The van der Waals surface area contributed by atoms with Crippen LogP contribution < -0.4 is 5.32 Å². The van der Waals surface area contributed by atoms with Gasteiger partial charge in [-0.2, -0.15) is 0 Å². The standard InChI is InChI=1S/C20H28N4O4/c1-13-14(2)22-18-5-4-15(8-17(13)18)9-21-20(27)24-6-7-28-16(11-24)10-23(3)12-19(25)26/h4-5,8,16,22H,6-7,9-12H2,1-3H3,(H,21,27)(H,25,26). The topological polar surface area (TPSA) is 97.9 Å². The van der Waals surface area contributed by atoms with Gasteiger partial charge in [0.2, 0.25) is 0 Å². The van der Waals surface area contributed by atoms with Crippen LogP contribution in [0.2, 0.25) is 0 Å². The highest BCUT2D eigenvalue weighted by atomic mass is 16.5. The molecule has 0 aliphatic carbocycles. The number of ether oxygens (including phenoxy) is 1. The zero-order valence-corrected chi connectivity index (χ0v) is 16.6. The van der Waals surface area contributed by atoms with E-state index in [-0.39, 0.29) is 18.7 Å². The molecule has 0 saturated carbocycles. The number of rotatable bonds is 6. The average Bonchev–Trinajstić information content (AvgIpc) is 2.93. The number of H-pyrrole nitrogens is 1. The van der Waals surface area contributed by atoms with Gasteiger partial charge >= 0.3 is 12.0 Å². The van der Waals surface area contributed by atoms with Crippen LogP contribution in [0.3, 0.4) is 0 Å². The molecule has 2 heterocycles. The molecule has 1 unspecified atom stereocenters. The van der Waals surface area contributed by atoms with E-state index in [2.05, 4.69) is 30.2 Å². The molecule has 1 atom stereocenters. The van der Waals surface area contributed by atoms with Crippen molar-refractivity contribution in [2.75, 3.05) is 39.8 Å². The summed E-state index contributed by atoms with van der Waals surface area (Å²) in [6, 6.07) is 6.04. The lowest BCUT2D eigenvalue weighted by molar-refractivity contribution is -0.138. The summed E-state index contributed by atoms with van der Waals surface area (Å²) >= 11 is 0. The summed E-state index contributed by atoms with van der Waals surface area (Å²) in [5, 5.41) is 13.0. The van der Waals surface area contributed by atoms with E-state index in [1.54, 1.807) is 16.8 Å². The van der Waals surface area contributed by atoms with Gasteiger partial charge in [0.15, 0.2) is 0 Å². The molecule has 1 fully saturated rings. The molecular weight excluding hydrogens is 360 g/mol. The summed E-state index contributed by atoms with van der Waals surface area (Å²) in [6.07, 6.45) is -0.189. The minimum atomic E-state index is -0.877. The number of carbonyl (C=O) groups is 2. The molecule has 152 valence electrons. The van der Waals surface area contributed by atoms with E-state index in [0.717, 1.165) is 16.8 Å². The Hall–Kier alpha value is -2.58. The molecule has 0 spiro atoms. The largest absolute Gasteiger partial charge is 0.480 e. The van der Waals surface area contributed by atoms with Crippen LogP contribution in [0, 0.1) is 13.8 Å². The number of hydrogen-bond donors (Lipinski definition) is 3. The number of nitrogens with one attached hydrogen (secondary N) is 2. The van der Waals surface area contributed by atoms with Gasteiger partial charge in [-0.05, 0) is 44.2 Å². The number of aromatic nitrogens is 1. The summed E-state index contributed by atoms with van der Waals surface area (Å²) in [5.74, 6) is -0.877. The lowest BCUT2D eigenvalue weighted by atomic mass is 10.1. The minimum Gasteiger partial charge on any atom is -0.480 e. The van der Waals surface area contributed by atoms with Crippen molar-refractivity contribution < 1.29 is 19.4 Å². The van der Waals surface area contributed by atoms with Crippen molar-refractivity contribution in [1.82, 2.24) is 20.1 Å². The minimum absolute atomic E-state index is 0.0490. The first-order valence-electron chi connectivity index (χ1n) is 9.46. The van der Waals surface area contributed by atoms with Gasteiger partial charge in [0, 0.05) is 42.8 Å². The maximum Gasteiger partial charge on any atom is 0.317 e. The smallest absolute Gasteiger partial charge is 0.317 e. The zero-order chi connectivity index (χ0) is 20.3. The van der Waals surface area contributed by atoms with Gasteiger partial charge < -0.3 is 25.0 Å². The van der Waals surface area contributed by atoms with E-state index < -0.39 is 5.97 Å². The normalized spacial score (nSPS) is 17.3. The fourth-order valence-corrected chi connectivity index (χ4v) is 3.57. The highest BCUT2D eigenvalue weighted by molar-refractivity contribution is 5.85. The van der Waals surface area contributed by atoms with Crippen molar-refractivity contribution in [3.63, 3.8) is 0 Å². The van der Waals surface area contributed by atoms with Crippen molar-refractivity contribution in [3.8, 4) is 0 Å². The third-order valence-electron chi connectivity index (χ3n) is 5.16. The summed E-state index contributed by atoms with van der Waals surface area (Å²) in [6.45, 7) is 6.45. The monoisotopic (exact) mass is 388 g/mol. The quantitative estimate of drug-likeness (QED) is 0.700. The van der Waals surface area contributed by atoms with Crippen LogP contribution in [0.1, 0.15) is 16.8 Å². The van der Waals surface area contributed by atoms with E-state index in [0.29, 0.717) is 32.8 Å². The lowest BCUT2D eigenvalue weighted by Gasteiger charge is -2.34. The predicted octanol–water partition coefficient (Wildman–Crippen LogP) is 1.71. The SMILES string of the molecule is Cc1[nH]c2ccc(CNC(=O)N3CCOC(CN(C)CC(=O)O)C3)cc2c1C. The fraction of sp³-hybridized carbons (Fsp3) is 0.500. The molecular formula is C20H28N4O4. The van der Waals surface area contributed by atoms with Crippen LogP contribution in [-0.2, 0) is 16.1 Å². The Balaban J connectivity index is 1.54. The first-order valence-corrected chi connectivity index (χ1v) is 9.46. The number of aliphatic carboxylic acids is 1. The van der Waals surface area contributed by atoms with Gasteiger partial charge in [-0.3, -0.25) is 9.69 Å². The number of aryl methyl sites for hydroxylation is 2. The second kappa shape index (κ2) is 8.62. The van der Waals surface area contributed by atoms with E-state index >= 15 is 0 Å². The van der Waals surface area contributed by atoms with Gasteiger partial charge in [-0.1, -0.05) is 6.07 Å². The first-order chi connectivity index (χ1) is 13.3. The summed E-state index contributed by atoms with van der Waals surface area (Å²) in [7, 11) is 1.73. The molecule has 3 N–H and O–H groups in total. The summed E-state index contributed by atoms with van der Waals surface area (Å²) in [4.78, 5) is 30.1. The van der Waals surface area contributed by atoms with Crippen LogP contribution in [0.4, 0.5) is 4.79 Å². The van der Waals surface area contributed by atoms with Crippen molar-refractivity contribution in [2.45, 2.75) is 26.5 Å². The Morgan fingerprint density at radius 2 is 2.18 bits per heavy atom. The van der Waals surface area contributed by atoms with Crippen molar-refractivity contribution in [3.05, 3.63) is 35.0 Å². The van der Waals surface area contributed by atoms with Crippen LogP contribution in [0.5, 0.6) is 0 Å². The molecule has 8 heteroatoms. The number of carboxylic acid groups (broad SMARTS) is 1. The van der Waals surface area contributed by atoms with Crippen molar-refractivity contribution in [2.24, 2.45) is 0 Å². The molecule has 1 aliphatic heterocycles. The van der Waals surface area contributed by atoms with Gasteiger partial charge in [0.05, 0.1) is 19.3 Å². The Morgan fingerprint density at radius 1 is 1.39 bits per heavy atom. The fourth-order valence-electron chi connectivity index (χ4n) is 3.57. The highest BCUT2D eigenvalue weighted by Gasteiger charge is 2.25. The Morgan fingerprint density at radius 3 is 2.93 bits per heavy atom. The molecule has 0 radical (unpaired) electrons. The number of amides is 2. The van der Waals surface area contributed by atoms with Gasteiger partial charge in [-0.25, -0.2) is 4.79 Å². The maximum absolute atomic E-state index is 12.6. The van der Waals surface area contributed by atoms with E-state index in [1.807, 2.05) is 12.1 Å². The summed E-state index contributed by atoms with van der Waals surface area (Å²) < 4.78 is 5.68. The highest BCUT2D eigenvalue weighted by Crippen LogP contribution is 2.22. The maximum atomic E-state index is 12.6. The van der Waals surface area contributed by atoms with Crippen molar-refractivity contribution in [1.29, 1.82) is 0 Å². The van der Waals surface area contributed by atoms with Gasteiger partial charge in [0.1, 0.15) is 0 Å². The third-order valence-corrected chi connectivity index (χ3v) is 5.16. The molecule has 3 rings (SSSR count). The Labute approximate surface area is 164 Å². The van der Waals surface area contributed by atoms with Crippen LogP contribution >= 0.6 is 0 Å². The van der Waals surface area contributed by atoms with Crippen LogP contribution in [0.15, 0.2) is 18.2 Å². The molecule has 1 aromatic carbocycles. The van der Waals surface area contributed by atoms with Crippen LogP contribution in [0.25, 0.3) is 10.9 Å². The number of aromatic amines is 1. The molecule has 0 bridgehead atoms. The van der Waals surface area contributed by atoms with Gasteiger partial charge in [-0.15, -0.1) is 0 Å². The molecule has 1 saturated heterocycles. The molecule has 1 aliphatic rings. The number of hydrogen-bond acceptors (Lipinski definition) is 4. The van der Waals surface area contributed by atoms with E-state index in [4.69, 9.17) is 9.84 Å². The molecule has 1 aromatic heterocycles. The molecule has 8 nitrogen and oxygen atoms in total. The summed E-state index contributed by atoms with van der Waals surface area (Å²) in [5.41, 5.74) is 4.54. The number of urea groups is 1. The lowest BCUT2D eigenvalue weighted by Crippen LogP contribution is -2.52. The number of carboxylic acids is 1. The third kappa shape index (κ3) is 4.82. The first kappa shape index (κ1) is 20.2. The van der Waals surface area contributed by atoms with Crippen molar-refractivity contribution >= 4 is 22.9 Å². The second-order valence-electron chi connectivity index (χ2n) is 7.44. The van der Waals surface area contributed by atoms with Gasteiger partial charge in [0.25, 0.3) is 0 Å². The van der Waals surface area contributed by atoms with E-state index in [9.17, 15) is 9.59 Å². The number of fused-ring (bicyclic) bond motifs is 1. The number of nitrogens with zero attached hydrogens (tertiary/aromatic N) is 2. The molecule has 28 heavy (non-hydrogen) atoms. The molecule has 2 amide bonds.